The van der Waals surface area contributed by atoms with Gasteiger partial charge in [0, 0.05) is 11.3 Å². The van der Waals surface area contributed by atoms with Gasteiger partial charge in [-0.1, -0.05) is 49.6 Å². The highest BCUT2D eigenvalue weighted by Gasteiger charge is 2.16. The summed E-state index contributed by atoms with van der Waals surface area (Å²) in [4.78, 5) is 12.5. The van der Waals surface area contributed by atoms with Crippen LogP contribution < -0.4 is 10.1 Å². The molecule has 172 valence electrons. The molecule has 0 bridgehead atoms. The second-order valence-electron chi connectivity index (χ2n) is 8.21. The highest BCUT2D eigenvalue weighted by molar-refractivity contribution is 7.94. The van der Waals surface area contributed by atoms with Gasteiger partial charge in [-0.05, 0) is 72.5 Å². The molecule has 2 aromatic carbocycles. The molecule has 0 spiro atoms. The van der Waals surface area contributed by atoms with E-state index in [9.17, 15) is 13.2 Å². The summed E-state index contributed by atoms with van der Waals surface area (Å²) in [6, 6.07) is 17.9. The summed E-state index contributed by atoms with van der Waals surface area (Å²) in [6.07, 6.45) is 6.47. The molecule has 6 nitrogen and oxygen atoms in total. The third-order valence-electron chi connectivity index (χ3n) is 5.89. The van der Waals surface area contributed by atoms with Crippen molar-refractivity contribution in [2.24, 2.45) is 5.10 Å². The molecular weight excluding hydrogens is 454 g/mol. The van der Waals surface area contributed by atoms with Crippen molar-refractivity contribution in [3.8, 4) is 0 Å². The lowest BCUT2D eigenvalue weighted by molar-refractivity contribution is 0.0955. The Hall–Kier alpha value is -2.97. The predicted octanol–water partition coefficient (Wildman–Crippen LogP) is 5.75. The SMILES string of the molecule is C/C(=N/NC(=O)c1ccc(NS(=O)(=O)c2cccs2)cc1)c1ccc(C2CCCCC2)cc1. The third-order valence-corrected chi connectivity index (χ3v) is 8.67. The predicted molar refractivity (Wildman–Crippen MR) is 134 cm³/mol. The van der Waals surface area contributed by atoms with Crippen LogP contribution in [0.3, 0.4) is 0 Å². The van der Waals surface area contributed by atoms with Crippen LogP contribution in [0, 0.1) is 0 Å². The number of benzene rings is 2. The van der Waals surface area contributed by atoms with Gasteiger partial charge in [-0.3, -0.25) is 9.52 Å². The molecule has 1 aliphatic carbocycles. The van der Waals surface area contributed by atoms with E-state index in [1.54, 1.807) is 41.8 Å². The molecule has 4 rings (SSSR count). The number of carbonyl (C=O) groups is 1. The van der Waals surface area contributed by atoms with Crippen LogP contribution in [-0.4, -0.2) is 20.0 Å². The summed E-state index contributed by atoms with van der Waals surface area (Å²) in [7, 11) is -3.62. The fourth-order valence-electron chi connectivity index (χ4n) is 4.01. The number of carbonyl (C=O) groups excluding carboxylic acids is 1. The number of thiophene rings is 1. The fraction of sp³-hybridized carbons (Fsp3) is 0.280. The van der Waals surface area contributed by atoms with E-state index in [-0.39, 0.29) is 10.1 Å². The van der Waals surface area contributed by atoms with Crippen LogP contribution in [0.2, 0.25) is 0 Å². The van der Waals surface area contributed by atoms with Gasteiger partial charge in [0.15, 0.2) is 0 Å². The summed E-state index contributed by atoms with van der Waals surface area (Å²) in [5, 5.41) is 5.94. The van der Waals surface area contributed by atoms with Gasteiger partial charge in [0.1, 0.15) is 4.21 Å². The lowest BCUT2D eigenvalue weighted by Gasteiger charge is -2.22. The molecule has 0 unspecified atom stereocenters. The Kier molecular flexibility index (Phi) is 7.25. The minimum Gasteiger partial charge on any atom is -0.279 e. The first-order valence-electron chi connectivity index (χ1n) is 11.0. The average molecular weight is 482 g/mol. The Bertz CT molecular complexity index is 1210. The van der Waals surface area contributed by atoms with E-state index in [1.807, 2.05) is 6.92 Å². The molecule has 0 radical (unpaired) electrons. The van der Waals surface area contributed by atoms with Crippen molar-refractivity contribution in [3.63, 3.8) is 0 Å². The molecule has 8 heteroatoms. The first-order chi connectivity index (χ1) is 15.9. The van der Waals surface area contributed by atoms with E-state index in [0.717, 1.165) is 22.6 Å². The van der Waals surface area contributed by atoms with E-state index >= 15 is 0 Å². The third kappa shape index (κ3) is 5.89. The number of hydrogen-bond donors (Lipinski definition) is 2. The number of nitrogens with one attached hydrogen (secondary N) is 2. The van der Waals surface area contributed by atoms with Gasteiger partial charge >= 0.3 is 0 Å². The lowest BCUT2D eigenvalue weighted by atomic mass is 9.84. The maximum absolute atomic E-state index is 12.5. The number of nitrogens with zero attached hydrogens (tertiary/aromatic N) is 1. The minimum absolute atomic E-state index is 0.237. The Morgan fingerprint density at radius 1 is 0.939 bits per heavy atom. The summed E-state index contributed by atoms with van der Waals surface area (Å²) in [6.45, 7) is 1.86. The maximum atomic E-state index is 12.5. The van der Waals surface area contributed by atoms with E-state index in [0.29, 0.717) is 17.2 Å². The lowest BCUT2D eigenvalue weighted by Crippen LogP contribution is -2.19. The van der Waals surface area contributed by atoms with Crippen molar-refractivity contribution in [2.75, 3.05) is 4.72 Å². The largest absolute Gasteiger partial charge is 0.279 e. The Labute approximate surface area is 198 Å². The first-order valence-corrected chi connectivity index (χ1v) is 13.4. The van der Waals surface area contributed by atoms with Gasteiger partial charge in [-0.15, -0.1) is 11.3 Å². The topological polar surface area (TPSA) is 87.6 Å². The molecule has 33 heavy (non-hydrogen) atoms. The van der Waals surface area contributed by atoms with Crippen LogP contribution >= 0.6 is 11.3 Å². The molecule has 1 aliphatic rings. The van der Waals surface area contributed by atoms with Crippen molar-refractivity contribution in [3.05, 3.63) is 82.7 Å². The molecule has 1 aromatic heterocycles. The number of rotatable bonds is 7. The van der Waals surface area contributed by atoms with E-state index in [4.69, 9.17) is 0 Å². The van der Waals surface area contributed by atoms with Gasteiger partial charge in [0.2, 0.25) is 0 Å². The van der Waals surface area contributed by atoms with Crippen LogP contribution in [0.1, 0.15) is 66.4 Å². The Morgan fingerprint density at radius 2 is 1.61 bits per heavy atom. The number of hydrogen-bond acceptors (Lipinski definition) is 5. The van der Waals surface area contributed by atoms with Crippen LogP contribution in [-0.2, 0) is 10.0 Å². The van der Waals surface area contributed by atoms with Crippen LogP contribution in [0.25, 0.3) is 0 Å². The monoisotopic (exact) mass is 481 g/mol. The van der Waals surface area contributed by atoms with E-state index in [2.05, 4.69) is 39.5 Å². The molecule has 2 N–H and O–H groups in total. The average Bonchev–Trinajstić information content (AvgIpc) is 3.40. The zero-order chi connectivity index (χ0) is 23.3. The van der Waals surface area contributed by atoms with Gasteiger partial charge in [0.25, 0.3) is 15.9 Å². The molecule has 0 aliphatic heterocycles. The molecule has 1 fully saturated rings. The maximum Gasteiger partial charge on any atom is 0.271 e. The normalized spacial score (nSPS) is 15.2. The molecule has 1 heterocycles. The van der Waals surface area contributed by atoms with Gasteiger partial charge in [-0.25, -0.2) is 13.8 Å². The number of sulfonamides is 1. The number of amides is 1. The highest BCUT2D eigenvalue weighted by Crippen LogP contribution is 2.32. The Balaban J connectivity index is 1.35. The summed E-state index contributed by atoms with van der Waals surface area (Å²) in [5.41, 5.74) is 6.42. The fourth-order valence-corrected chi connectivity index (χ4v) is 6.06. The van der Waals surface area contributed by atoms with Gasteiger partial charge < -0.3 is 0 Å². The van der Waals surface area contributed by atoms with Crippen molar-refractivity contribution in [1.82, 2.24) is 5.43 Å². The zero-order valence-electron chi connectivity index (χ0n) is 18.5. The van der Waals surface area contributed by atoms with Crippen molar-refractivity contribution >= 4 is 38.7 Å². The van der Waals surface area contributed by atoms with Crippen molar-refractivity contribution in [1.29, 1.82) is 0 Å². The van der Waals surface area contributed by atoms with Crippen molar-refractivity contribution < 1.29 is 13.2 Å². The molecule has 3 aromatic rings. The Morgan fingerprint density at radius 3 is 2.24 bits per heavy atom. The second-order valence-corrected chi connectivity index (χ2v) is 11.1. The number of hydrazone groups is 1. The van der Waals surface area contributed by atoms with Gasteiger partial charge in [0.05, 0.1) is 5.71 Å². The smallest absolute Gasteiger partial charge is 0.271 e. The quantitative estimate of drug-likeness (QED) is 0.333. The zero-order valence-corrected chi connectivity index (χ0v) is 20.1. The van der Waals surface area contributed by atoms with E-state index < -0.39 is 10.0 Å². The highest BCUT2D eigenvalue weighted by atomic mass is 32.2. The van der Waals surface area contributed by atoms with Crippen LogP contribution in [0.5, 0.6) is 0 Å². The summed E-state index contributed by atoms with van der Waals surface area (Å²) in [5.74, 6) is 0.295. The molecule has 1 saturated carbocycles. The first kappa shape index (κ1) is 23.2. The van der Waals surface area contributed by atoms with Gasteiger partial charge in [-0.2, -0.15) is 5.10 Å². The standard InChI is InChI=1S/C25H27N3O3S2/c1-18(19-9-11-21(12-10-19)20-6-3-2-4-7-20)26-27-25(29)22-13-15-23(16-14-22)28-33(30,31)24-8-5-17-32-24/h5,8-17,20,28H,2-4,6-7H2,1H3,(H,27,29)/b26-18-. The summed E-state index contributed by atoms with van der Waals surface area (Å²) < 4.78 is 27.4. The molecule has 0 atom stereocenters. The van der Waals surface area contributed by atoms with Crippen LogP contribution in [0.4, 0.5) is 5.69 Å². The van der Waals surface area contributed by atoms with E-state index in [1.165, 1.54) is 37.7 Å². The van der Waals surface area contributed by atoms with Crippen LogP contribution in [0.15, 0.2) is 75.4 Å². The number of anilines is 1. The molecule has 0 saturated heterocycles. The summed E-state index contributed by atoms with van der Waals surface area (Å²) >= 11 is 1.14. The second kappa shape index (κ2) is 10.3. The molecular formula is C25H27N3O3S2. The molecule has 1 amide bonds. The minimum atomic E-state index is -3.62. The van der Waals surface area contributed by atoms with Crippen molar-refractivity contribution in [2.45, 2.75) is 49.2 Å².